The number of rotatable bonds is 4. The van der Waals surface area contributed by atoms with Crippen molar-refractivity contribution >= 4 is 23.2 Å². The minimum Gasteiger partial charge on any atom is -0.338 e. The number of benzene rings is 2. The van der Waals surface area contributed by atoms with Crippen LogP contribution in [-0.2, 0) is 4.79 Å². The number of anilines is 1. The minimum absolute atomic E-state index is 0.0300. The Bertz CT molecular complexity index is 908. The first-order chi connectivity index (χ1) is 13.3. The fourth-order valence-electron chi connectivity index (χ4n) is 3.38. The molecule has 0 bridgehead atoms. The third-order valence-corrected chi connectivity index (χ3v) is 5.05. The van der Waals surface area contributed by atoms with Gasteiger partial charge in [0.25, 0.3) is 11.6 Å². The highest BCUT2D eigenvalue weighted by atomic mass is 16.6. The molecule has 28 heavy (non-hydrogen) atoms. The second-order valence-corrected chi connectivity index (χ2v) is 7.20. The molecule has 0 aliphatic carbocycles. The summed E-state index contributed by atoms with van der Waals surface area (Å²) in [5, 5.41) is 13.8. The second kappa shape index (κ2) is 8.21. The van der Waals surface area contributed by atoms with Crippen LogP contribution in [0.4, 0.5) is 11.4 Å². The van der Waals surface area contributed by atoms with Crippen LogP contribution in [0.5, 0.6) is 0 Å². The Balaban J connectivity index is 1.67. The molecule has 0 radical (unpaired) electrons. The van der Waals surface area contributed by atoms with Gasteiger partial charge in [-0.05, 0) is 44.9 Å². The summed E-state index contributed by atoms with van der Waals surface area (Å²) >= 11 is 0. The number of aryl methyl sites for hydroxylation is 2. The van der Waals surface area contributed by atoms with E-state index in [1.54, 1.807) is 36.1 Å². The lowest BCUT2D eigenvalue weighted by Gasteiger charge is -2.32. The molecule has 7 nitrogen and oxygen atoms in total. The topological polar surface area (TPSA) is 92.6 Å². The molecular weight excluding hydrogens is 358 g/mol. The van der Waals surface area contributed by atoms with Crippen molar-refractivity contribution in [1.29, 1.82) is 0 Å². The zero-order chi connectivity index (χ0) is 20.3. The largest absolute Gasteiger partial charge is 0.338 e. The second-order valence-electron chi connectivity index (χ2n) is 7.20. The number of piperidine rings is 1. The van der Waals surface area contributed by atoms with Crippen LogP contribution in [0.25, 0.3) is 0 Å². The van der Waals surface area contributed by atoms with E-state index in [0.29, 0.717) is 36.3 Å². The monoisotopic (exact) mass is 381 g/mol. The van der Waals surface area contributed by atoms with E-state index in [9.17, 15) is 19.7 Å². The van der Waals surface area contributed by atoms with Crippen LogP contribution in [0.3, 0.4) is 0 Å². The predicted octanol–water partition coefficient (Wildman–Crippen LogP) is 3.70. The molecule has 2 aromatic rings. The van der Waals surface area contributed by atoms with Crippen LogP contribution < -0.4 is 5.32 Å². The van der Waals surface area contributed by atoms with Crippen molar-refractivity contribution in [2.75, 3.05) is 18.4 Å². The van der Waals surface area contributed by atoms with Crippen molar-refractivity contribution in [2.24, 2.45) is 5.92 Å². The zero-order valence-electron chi connectivity index (χ0n) is 16.0. The number of hydrogen-bond donors (Lipinski definition) is 1. The van der Waals surface area contributed by atoms with Crippen molar-refractivity contribution in [3.05, 3.63) is 69.3 Å². The van der Waals surface area contributed by atoms with Crippen molar-refractivity contribution in [2.45, 2.75) is 26.7 Å². The summed E-state index contributed by atoms with van der Waals surface area (Å²) < 4.78 is 0. The van der Waals surface area contributed by atoms with E-state index in [0.717, 1.165) is 12.0 Å². The molecule has 146 valence electrons. The number of carbonyl (C=O) groups is 2. The fraction of sp³-hybridized carbons (Fsp3) is 0.333. The Morgan fingerprint density at radius 3 is 2.54 bits per heavy atom. The average molecular weight is 381 g/mol. The van der Waals surface area contributed by atoms with Crippen molar-refractivity contribution in [3.8, 4) is 0 Å². The van der Waals surface area contributed by atoms with Gasteiger partial charge < -0.3 is 10.2 Å². The first-order valence-electron chi connectivity index (χ1n) is 9.27. The quantitative estimate of drug-likeness (QED) is 0.645. The number of likely N-dealkylation sites (tertiary alicyclic amines) is 1. The fourth-order valence-corrected chi connectivity index (χ4v) is 3.38. The highest BCUT2D eigenvalue weighted by Crippen LogP contribution is 2.24. The smallest absolute Gasteiger partial charge is 0.274 e. The van der Waals surface area contributed by atoms with Crippen LogP contribution in [0, 0.1) is 29.9 Å². The van der Waals surface area contributed by atoms with Gasteiger partial charge in [-0.1, -0.05) is 23.8 Å². The molecule has 1 saturated heterocycles. The molecule has 1 N–H and O–H groups in total. The van der Waals surface area contributed by atoms with E-state index < -0.39 is 4.92 Å². The third-order valence-electron chi connectivity index (χ3n) is 5.05. The normalized spacial score (nSPS) is 16.5. The minimum atomic E-state index is -0.465. The molecule has 2 aromatic carbocycles. The SMILES string of the molecule is Cc1ccc(C(=O)N2CCCC(C(=O)Nc3ccc(C)c([N+](=O)[O-])c3)C2)cc1. The molecule has 1 aliphatic rings. The molecule has 1 heterocycles. The predicted molar refractivity (Wildman–Crippen MR) is 106 cm³/mol. The van der Waals surface area contributed by atoms with Crippen molar-refractivity contribution in [1.82, 2.24) is 4.90 Å². The summed E-state index contributed by atoms with van der Waals surface area (Å²) in [7, 11) is 0. The molecule has 1 aliphatic heterocycles. The van der Waals surface area contributed by atoms with Gasteiger partial charge in [0.2, 0.25) is 5.91 Å². The summed E-state index contributed by atoms with van der Waals surface area (Å²) in [5.41, 5.74) is 2.60. The van der Waals surface area contributed by atoms with E-state index in [2.05, 4.69) is 5.32 Å². The Labute approximate surface area is 163 Å². The van der Waals surface area contributed by atoms with E-state index in [1.807, 2.05) is 19.1 Å². The van der Waals surface area contributed by atoms with Crippen LogP contribution >= 0.6 is 0 Å². The van der Waals surface area contributed by atoms with Crippen LogP contribution in [0.2, 0.25) is 0 Å². The number of hydrogen-bond acceptors (Lipinski definition) is 4. The Morgan fingerprint density at radius 2 is 1.86 bits per heavy atom. The summed E-state index contributed by atoms with van der Waals surface area (Å²) in [6.07, 6.45) is 1.42. The number of nitro groups is 1. The number of nitro benzene ring substituents is 1. The highest BCUT2D eigenvalue weighted by molar-refractivity contribution is 5.96. The first kappa shape index (κ1) is 19.5. The highest BCUT2D eigenvalue weighted by Gasteiger charge is 2.29. The molecule has 0 saturated carbocycles. The van der Waals surface area contributed by atoms with Gasteiger partial charge in [-0.25, -0.2) is 0 Å². The summed E-state index contributed by atoms with van der Waals surface area (Å²) in [4.78, 5) is 37.7. The maximum Gasteiger partial charge on any atom is 0.274 e. The molecule has 0 spiro atoms. The van der Waals surface area contributed by atoms with E-state index >= 15 is 0 Å². The van der Waals surface area contributed by atoms with Crippen LogP contribution in [-0.4, -0.2) is 34.7 Å². The lowest BCUT2D eigenvalue weighted by atomic mass is 9.96. The maximum absolute atomic E-state index is 12.7. The van der Waals surface area contributed by atoms with Gasteiger partial charge in [0.1, 0.15) is 0 Å². The van der Waals surface area contributed by atoms with Crippen molar-refractivity contribution in [3.63, 3.8) is 0 Å². The van der Waals surface area contributed by atoms with Crippen LogP contribution in [0.15, 0.2) is 42.5 Å². The van der Waals surface area contributed by atoms with E-state index in [-0.39, 0.29) is 23.4 Å². The maximum atomic E-state index is 12.7. The number of nitrogens with one attached hydrogen (secondary N) is 1. The average Bonchev–Trinajstić information content (AvgIpc) is 2.69. The van der Waals surface area contributed by atoms with E-state index in [4.69, 9.17) is 0 Å². The standard InChI is InChI=1S/C21H23N3O4/c1-14-5-8-16(9-6-14)21(26)23-11-3-4-17(13-23)20(25)22-18-10-7-15(2)19(12-18)24(27)28/h5-10,12,17H,3-4,11,13H2,1-2H3,(H,22,25). The summed E-state index contributed by atoms with van der Waals surface area (Å²) in [6.45, 7) is 4.57. The van der Waals surface area contributed by atoms with Gasteiger partial charge in [0.15, 0.2) is 0 Å². The first-order valence-corrected chi connectivity index (χ1v) is 9.27. The molecular formula is C21H23N3O4. The molecule has 2 amide bonds. The van der Waals surface area contributed by atoms with E-state index in [1.165, 1.54) is 6.07 Å². The Morgan fingerprint density at radius 1 is 1.14 bits per heavy atom. The van der Waals surface area contributed by atoms with Gasteiger partial charge in [0, 0.05) is 36.0 Å². The van der Waals surface area contributed by atoms with Gasteiger partial charge >= 0.3 is 0 Å². The van der Waals surface area contributed by atoms with Gasteiger partial charge in [-0.15, -0.1) is 0 Å². The lowest BCUT2D eigenvalue weighted by molar-refractivity contribution is -0.385. The number of carbonyl (C=O) groups excluding carboxylic acids is 2. The summed E-state index contributed by atoms with van der Waals surface area (Å²) in [5.74, 6) is -0.647. The zero-order valence-corrected chi connectivity index (χ0v) is 16.0. The van der Waals surface area contributed by atoms with Crippen molar-refractivity contribution < 1.29 is 14.5 Å². The molecule has 1 atom stereocenters. The Hall–Kier alpha value is -3.22. The molecule has 1 fully saturated rings. The molecule has 0 aromatic heterocycles. The number of nitrogens with zero attached hydrogens (tertiary/aromatic N) is 2. The van der Waals surface area contributed by atoms with Gasteiger partial charge in [-0.2, -0.15) is 0 Å². The lowest BCUT2D eigenvalue weighted by Crippen LogP contribution is -2.43. The van der Waals surface area contributed by atoms with Crippen LogP contribution in [0.1, 0.15) is 34.3 Å². The van der Waals surface area contributed by atoms with Gasteiger partial charge in [-0.3, -0.25) is 19.7 Å². The molecule has 1 unspecified atom stereocenters. The Kier molecular flexibility index (Phi) is 5.73. The third kappa shape index (κ3) is 4.36. The molecule has 7 heteroatoms. The summed E-state index contributed by atoms with van der Waals surface area (Å²) in [6, 6.07) is 12.0. The van der Waals surface area contributed by atoms with Gasteiger partial charge in [0.05, 0.1) is 10.8 Å². The number of amides is 2. The molecule has 3 rings (SSSR count).